The lowest BCUT2D eigenvalue weighted by molar-refractivity contribution is -0.139. The van der Waals surface area contributed by atoms with Gasteiger partial charge < -0.3 is 14.5 Å². The van der Waals surface area contributed by atoms with Crippen molar-refractivity contribution in [2.75, 3.05) is 31.7 Å². The summed E-state index contributed by atoms with van der Waals surface area (Å²) >= 11 is 0. The Bertz CT molecular complexity index is 855. The predicted octanol–water partition coefficient (Wildman–Crippen LogP) is 3.44. The predicted molar refractivity (Wildman–Crippen MR) is 113 cm³/mol. The molecule has 3 heterocycles. The van der Waals surface area contributed by atoms with E-state index in [1.54, 1.807) is 7.11 Å². The second-order valence-electron chi connectivity index (χ2n) is 8.01. The summed E-state index contributed by atoms with van der Waals surface area (Å²) < 4.78 is 5.10. The molecule has 2 aliphatic rings. The zero-order valence-corrected chi connectivity index (χ0v) is 17.4. The van der Waals surface area contributed by atoms with Crippen LogP contribution in [0.15, 0.2) is 30.3 Å². The van der Waals surface area contributed by atoms with Gasteiger partial charge in [-0.15, -0.1) is 0 Å². The number of rotatable bonds is 5. The lowest BCUT2D eigenvalue weighted by atomic mass is 9.99. The van der Waals surface area contributed by atoms with Gasteiger partial charge in [-0.05, 0) is 44.6 Å². The van der Waals surface area contributed by atoms with Crippen molar-refractivity contribution >= 4 is 11.7 Å². The number of anilines is 1. The molecule has 0 bridgehead atoms. The summed E-state index contributed by atoms with van der Waals surface area (Å²) in [6, 6.07) is 10.5. The van der Waals surface area contributed by atoms with Crippen molar-refractivity contribution in [3.63, 3.8) is 0 Å². The number of nitrogens with zero attached hydrogens (tertiary/aromatic N) is 4. The smallest absolute Gasteiger partial charge is 0.249 e. The second-order valence-corrected chi connectivity index (χ2v) is 8.01. The van der Waals surface area contributed by atoms with Gasteiger partial charge in [0.2, 0.25) is 5.91 Å². The van der Waals surface area contributed by atoms with Crippen LogP contribution in [0.5, 0.6) is 0 Å². The molecule has 29 heavy (non-hydrogen) atoms. The van der Waals surface area contributed by atoms with Crippen LogP contribution in [-0.2, 0) is 22.5 Å². The average molecular weight is 395 g/mol. The van der Waals surface area contributed by atoms with Gasteiger partial charge in [-0.1, -0.05) is 30.3 Å². The Kier molecular flexibility index (Phi) is 6.09. The van der Waals surface area contributed by atoms with E-state index in [1.807, 2.05) is 11.0 Å². The minimum Gasteiger partial charge on any atom is -0.375 e. The van der Waals surface area contributed by atoms with Crippen molar-refractivity contribution < 1.29 is 9.53 Å². The van der Waals surface area contributed by atoms with Crippen molar-refractivity contribution in [3.05, 3.63) is 53.0 Å². The van der Waals surface area contributed by atoms with Crippen LogP contribution in [0.4, 0.5) is 5.82 Å². The first-order valence-corrected chi connectivity index (χ1v) is 10.6. The molecule has 154 valence electrons. The largest absolute Gasteiger partial charge is 0.375 e. The average Bonchev–Trinajstić information content (AvgIpc) is 2.75. The SMILES string of the molecule is COCC(=O)N1CCCC[C@H]1c1nc(C)c2c(n1)N(Cc1ccccc1)CCC2. The highest BCUT2D eigenvalue weighted by Crippen LogP contribution is 2.34. The first-order valence-electron chi connectivity index (χ1n) is 10.6. The van der Waals surface area contributed by atoms with E-state index >= 15 is 0 Å². The summed E-state index contributed by atoms with van der Waals surface area (Å²) in [5.41, 5.74) is 3.58. The molecular formula is C23H30N4O2. The van der Waals surface area contributed by atoms with E-state index in [0.717, 1.165) is 69.1 Å². The summed E-state index contributed by atoms with van der Waals surface area (Å²) in [6.07, 6.45) is 5.16. The van der Waals surface area contributed by atoms with Gasteiger partial charge in [0.05, 0.1) is 6.04 Å². The molecule has 6 nitrogen and oxygen atoms in total. The summed E-state index contributed by atoms with van der Waals surface area (Å²) in [7, 11) is 1.57. The number of ether oxygens (including phenoxy) is 1. The number of hydrogen-bond acceptors (Lipinski definition) is 5. The van der Waals surface area contributed by atoms with Gasteiger partial charge in [0.15, 0.2) is 5.82 Å². The van der Waals surface area contributed by atoms with Crippen LogP contribution >= 0.6 is 0 Å². The number of fused-ring (bicyclic) bond motifs is 1. The Morgan fingerprint density at radius 2 is 1.97 bits per heavy atom. The van der Waals surface area contributed by atoms with E-state index in [1.165, 1.54) is 11.1 Å². The molecule has 0 unspecified atom stereocenters. The maximum absolute atomic E-state index is 12.6. The van der Waals surface area contributed by atoms with Crippen molar-refractivity contribution in [2.45, 2.75) is 51.6 Å². The number of aryl methyl sites for hydroxylation is 1. The normalized spacial score (nSPS) is 19.2. The Morgan fingerprint density at radius 1 is 1.14 bits per heavy atom. The Labute approximate surface area is 172 Å². The molecule has 0 spiro atoms. The van der Waals surface area contributed by atoms with Crippen LogP contribution in [0.1, 0.15) is 54.4 Å². The number of carbonyl (C=O) groups excluding carboxylic acids is 1. The molecule has 1 atom stereocenters. The van der Waals surface area contributed by atoms with E-state index in [9.17, 15) is 4.79 Å². The molecule has 1 aromatic carbocycles. The van der Waals surface area contributed by atoms with E-state index in [0.29, 0.717) is 0 Å². The summed E-state index contributed by atoms with van der Waals surface area (Å²) in [4.78, 5) is 26.8. The number of carbonyl (C=O) groups is 1. The topological polar surface area (TPSA) is 58.6 Å². The number of methoxy groups -OCH3 is 1. The van der Waals surface area contributed by atoms with Crippen molar-refractivity contribution in [1.29, 1.82) is 0 Å². The van der Waals surface area contributed by atoms with Gasteiger partial charge in [-0.2, -0.15) is 0 Å². The lowest BCUT2D eigenvalue weighted by Gasteiger charge is -2.36. The van der Waals surface area contributed by atoms with Crippen molar-refractivity contribution in [3.8, 4) is 0 Å². The maximum atomic E-state index is 12.6. The zero-order valence-electron chi connectivity index (χ0n) is 17.4. The highest BCUT2D eigenvalue weighted by molar-refractivity contribution is 5.78. The van der Waals surface area contributed by atoms with Gasteiger partial charge in [-0.25, -0.2) is 9.97 Å². The number of hydrogen-bond donors (Lipinski definition) is 0. The Balaban J connectivity index is 1.66. The number of amides is 1. The van der Waals surface area contributed by atoms with Crippen LogP contribution in [0.3, 0.4) is 0 Å². The first-order chi connectivity index (χ1) is 14.2. The molecule has 1 saturated heterocycles. The second kappa shape index (κ2) is 8.91. The van der Waals surface area contributed by atoms with Gasteiger partial charge in [-0.3, -0.25) is 4.79 Å². The van der Waals surface area contributed by atoms with Gasteiger partial charge in [0, 0.05) is 38.0 Å². The van der Waals surface area contributed by atoms with Crippen LogP contribution in [-0.4, -0.2) is 47.6 Å². The highest BCUT2D eigenvalue weighted by Gasteiger charge is 2.32. The molecule has 1 amide bonds. The molecular weight excluding hydrogens is 364 g/mol. The fourth-order valence-corrected chi connectivity index (χ4v) is 4.52. The number of aromatic nitrogens is 2. The van der Waals surface area contributed by atoms with E-state index < -0.39 is 0 Å². The molecule has 0 saturated carbocycles. The van der Waals surface area contributed by atoms with Gasteiger partial charge in [0.25, 0.3) is 0 Å². The van der Waals surface area contributed by atoms with Gasteiger partial charge in [0.1, 0.15) is 12.4 Å². The van der Waals surface area contributed by atoms with E-state index in [4.69, 9.17) is 14.7 Å². The summed E-state index contributed by atoms with van der Waals surface area (Å²) in [5.74, 6) is 1.86. The van der Waals surface area contributed by atoms with Crippen LogP contribution in [0.2, 0.25) is 0 Å². The number of benzene rings is 1. The molecule has 0 N–H and O–H groups in total. The van der Waals surface area contributed by atoms with Crippen molar-refractivity contribution in [2.24, 2.45) is 0 Å². The number of piperidine rings is 1. The molecule has 0 radical (unpaired) electrons. The monoisotopic (exact) mass is 394 g/mol. The molecule has 0 aliphatic carbocycles. The maximum Gasteiger partial charge on any atom is 0.249 e. The van der Waals surface area contributed by atoms with E-state index in [-0.39, 0.29) is 18.6 Å². The molecule has 1 fully saturated rings. The third kappa shape index (κ3) is 4.27. The third-order valence-corrected chi connectivity index (χ3v) is 5.97. The summed E-state index contributed by atoms with van der Waals surface area (Å²) in [6.45, 7) is 4.79. The number of likely N-dealkylation sites (tertiary alicyclic amines) is 1. The van der Waals surface area contributed by atoms with Crippen LogP contribution < -0.4 is 4.90 Å². The van der Waals surface area contributed by atoms with E-state index in [2.05, 4.69) is 36.1 Å². The lowest BCUT2D eigenvalue weighted by Crippen LogP contribution is -2.41. The molecule has 2 aliphatic heterocycles. The minimum atomic E-state index is -0.0594. The molecule has 4 rings (SSSR count). The highest BCUT2D eigenvalue weighted by atomic mass is 16.5. The molecule has 6 heteroatoms. The fraction of sp³-hybridized carbons (Fsp3) is 0.522. The fourth-order valence-electron chi connectivity index (χ4n) is 4.52. The minimum absolute atomic E-state index is 0.0253. The van der Waals surface area contributed by atoms with Gasteiger partial charge >= 0.3 is 0 Å². The third-order valence-electron chi connectivity index (χ3n) is 5.97. The zero-order chi connectivity index (χ0) is 20.2. The Hall–Kier alpha value is -2.47. The molecule has 2 aromatic rings. The van der Waals surface area contributed by atoms with Crippen molar-refractivity contribution in [1.82, 2.24) is 14.9 Å². The quantitative estimate of drug-likeness (QED) is 0.778. The Morgan fingerprint density at radius 3 is 2.76 bits per heavy atom. The van der Waals surface area contributed by atoms with Crippen LogP contribution in [0, 0.1) is 6.92 Å². The summed E-state index contributed by atoms with van der Waals surface area (Å²) in [5, 5.41) is 0. The first kappa shape index (κ1) is 19.8. The van der Waals surface area contributed by atoms with Crippen LogP contribution in [0.25, 0.3) is 0 Å². The molecule has 1 aromatic heterocycles. The standard InChI is InChI=1S/C23H30N4O2/c1-17-19-11-8-13-26(15-18-9-4-3-5-10-18)23(19)25-22(24-17)20-12-6-7-14-27(20)21(28)16-29-2/h3-5,9-10,20H,6-8,11-16H2,1-2H3/t20-/m0/s1.